The molecule has 4 nitrogen and oxygen atoms in total. The van der Waals surface area contributed by atoms with Crippen LogP contribution in [0.4, 0.5) is 4.39 Å². The summed E-state index contributed by atoms with van der Waals surface area (Å²) in [7, 11) is 0. The molecule has 2 saturated heterocycles. The normalized spacial score (nSPS) is 27.1. The predicted octanol–water partition coefficient (Wildman–Crippen LogP) is 1.16. The van der Waals surface area contributed by atoms with Gasteiger partial charge in [-0.05, 0) is 30.7 Å². The van der Waals surface area contributed by atoms with Crippen LogP contribution in [0.15, 0.2) is 24.3 Å². The van der Waals surface area contributed by atoms with Crippen molar-refractivity contribution < 1.29 is 13.9 Å². The molecule has 2 heterocycles. The number of hydrogen-bond acceptors (Lipinski definition) is 3. The van der Waals surface area contributed by atoms with E-state index >= 15 is 0 Å². The van der Waals surface area contributed by atoms with Crippen LogP contribution in [0.3, 0.4) is 0 Å². The second kappa shape index (κ2) is 5.89. The molecule has 2 aliphatic rings. The Bertz CT molecular complexity index is 495. The molecule has 0 radical (unpaired) electrons. The SMILES string of the molecule is O=C1[C@@H]2CCNC[C@@H]2OCCN1Cc1cccc(F)c1. The topological polar surface area (TPSA) is 41.6 Å². The van der Waals surface area contributed by atoms with Crippen LogP contribution in [-0.4, -0.2) is 43.2 Å². The number of amides is 1. The maximum Gasteiger partial charge on any atom is 0.228 e. The molecule has 5 heteroatoms. The van der Waals surface area contributed by atoms with Gasteiger partial charge < -0.3 is 15.0 Å². The fraction of sp³-hybridized carbons (Fsp3) is 0.533. The van der Waals surface area contributed by atoms with Crippen LogP contribution >= 0.6 is 0 Å². The van der Waals surface area contributed by atoms with Crippen molar-refractivity contribution in [3.05, 3.63) is 35.6 Å². The Morgan fingerprint density at radius 3 is 3.20 bits per heavy atom. The van der Waals surface area contributed by atoms with E-state index in [1.54, 1.807) is 11.0 Å². The maximum absolute atomic E-state index is 13.2. The molecule has 2 atom stereocenters. The fourth-order valence-corrected chi connectivity index (χ4v) is 2.96. The number of halogens is 1. The fourth-order valence-electron chi connectivity index (χ4n) is 2.96. The summed E-state index contributed by atoms with van der Waals surface area (Å²) in [5, 5.41) is 3.26. The Labute approximate surface area is 117 Å². The molecule has 108 valence electrons. The first-order valence-electron chi connectivity index (χ1n) is 7.09. The lowest BCUT2D eigenvalue weighted by atomic mass is 9.93. The summed E-state index contributed by atoms with van der Waals surface area (Å²) in [6, 6.07) is 6.43. The Kier molecular flexibility index (Phi) is 3.98. The van der Waals surface area contributed by atoms with Gasteiger partial charge in [-0.2, -0.15) is 0 Å². The number of hydrogen-bond donors (Lipinski definition) is 1. The van der Waals surface area contributed by atoms with Crippen molar-refractivity contribution >= 4 is 5.91 Å². The molecule has 1 aromatic rings. The van der Waals surface area contributed by atoms with Crippen molar-refractivity contribution in [1.82, 2.24) is 10.2 Å². The number of carbonyl (C=O) groups is 1. The predicted molar refractivity (Wildman–Crippen MR) is 72.5 cm³/mol. The zero-order valence-corrected chi connectivity index (χ0v) is 11.3. The van der Waals surface area contributed by atoms with Gasteiger partial charge in [0.25, 0.3) is 0 Å². The third-order valence-electron chi connectivity index (χ3n) is 4.01. The van der Waals surface area contributed by atoms with Crippen LogP contribution in [0.2, 0.25) is 0 Å². The molecular weight excluding hydrogens is 259 g/mol. The van der Waals surface area contributed by atoms with Gasteiger partial charge in [0.2, 0.25) is 5.91 Å². The minimum atomic E-state index is -0.263. The van der Waals surface area contributed by atoms with Gasteiger partial charge in [0.05, 0.1) is 18.6 Å². The third kappa shape index (κ3) is 2.83. The zero-order valence-electron chi connectivity index (χ0n) is 11.3. The summed E-state index contributed by atoms with van der Waals surface area (Å²) in [5.74, 6) is -0.189. The highest BCUT2D eigenvalue weighted by molar-refractivity contribution is 5.80. The Balaban J connectivity index is 1.74. The van der Waals surface area contributed by atoms with Gasteiger partial charge >= 0.3 is 0 Å². The molecule has 2 aliphatic heterocycles. The maximum atomic E-state index is 13.2. The van der Waals surface area contributed by atoms with Crippen LogP contribution in [0.1, 0.15) is 12.0 Å². The Hall–Kier alpha value is -1.46. The van der Waals surface area contributed by atoms with E-state index in [0.717, 1.165) is 25.1 Å². The van der Waals surface area contributed by atoms with Gasteiger partial charge in [0, 0.05) is 19.6 Å². The van der Waals surface area contributed by atoms with Gasteiger partial charge in [-0.1, -0.05) is 12.1 Å². The van der Waals surface area contributed by atoms with Gasteiger partial charge in [0.15, 0.2) is 0 Å². The van der Waals surface area contributed by atoms with Crippen molar-refractivity contribution in [2.24, 2.45) is 5.92 Å². The molecule has 1 amide bonds. The first-order valence-corrected chi connectivity index (χ1v) is 7.09. The minimum Gasteiger partial charge on any atom is -0.374 e. The van der Waals surface area contributed by atoms with Crippen LogP contribution in [0, 0.1) is 11.7 Å². The second-order valence-corrected chi connectivity index (χ2v) is 5.40. The summed E-state index contributed by atoms with van der Waals surface area (Å²) >= 11 is 0. The average Bonchev–Trinajstić information content (AvgIpc) is 2.60. The van der Waals surface area contributed by atoms with Crippen molar-refractivity contribution in [3.63, 3.8) is 0 Å². The standard InChI is InChI=1S/C15H19FN2O2/c16-12-3-1-2-11(8-12)10-18-6-7-20-14-9-17-5-4-13(14)15(18)19/h1-3,8,13-14,17H,4-7,9-10H2/t13-,14+/m1/s1. The molecule has 0 aromatic heterocycles. The molecule has 0 saturated carbocycles. The summed E-state index contributed by atoms with van der Waals surface area (Å²) in [4.78, 5) is 14.4. The summed E-state index contributed by atoms with van der Waals surface area (Å²) in [5.41, 5.74) is 0.825. The molecule has 0 aliphatic carbocycles. The monoisotopic (exact) mass is 278 g/mol. The zero-order chi connectivity index (χ0) is 13.9. The number of nitrogens with one attached hydrogen (secondary N) is 1. The smallest absolute Gasteiger partial charge is 0.228 e. The van der Waals surface area contributed by atoms with E-state index in [9.17, 15) is 9.18 Å². The number of piperidine rings is 1. The van der Waals surface area contributed by atoms with E-state index in [2.05, 4.69) is 5.32 Å². The lowest BCUT2D eigenvalue weighted by molar-refractivity contribution is -0.138. The van der Waals surface area contributed by atoms with Crippen molar-refractivity contribution in [2.75, 3.05) is 26.2 Å². The molecule has 0 unspecified atom stereocenters. The average molecular weight is 278 g/mol. The van der Waals surface area contributed by atoms with Crippen molar-refractivity contribution in [1.29, 1.82) is 0 Å². The lowest BCUT2D eigenvalue weighted by Gasteiger charge is -2.30. The number of benzene rings is 1. The number of nitrogens with zero attached hydrogens (tertiary/aromatic N) is 1. The molecular formula is C15H19FN2O2. The first-order chi connectivity index (χ1) is 9.74. The molecule has 3 rings (SSSR count). The van der Waals surface area contributed by atoms with E-state index in [0.29, 0.717) is 19.7 Å². The van der Waals surface area contributed by atoms with Gasteiger partial charge in [0.1, 0.15) is 5.82 Å². The number of carbonyl (C=O) groups excluding carboxylic acids is 1. The highest BCUT2D eigenvalue weighted by Crippen LogP contribution is 2.23. The minimum absolute atomic E-state index is 0.0197. The van der Waals surface area contributed by atoms with Crippen LogP contribution < -0.4 is 5.32 Å². The van der Waals surface area contributed by atoms with Crippen LogP contribution in [0.25, 0.3) is 0 Å². The van der Waals surface area contributed by atoms with Gasteiger partial charge in [-0.15, -0.1) is 0 Å². The molecule has 0 bridgehead atoms. The van der Waals surface area contributed by atoms with E-state index in [1.807, 2.05) is 6.07 Å². The molecule has 1 aromatic carbocycles. The second-order valence-electron chi connectivity index (χ2n) is 5.40. The number of fused-ring (bicyclic) bond motifs is 1. The quantitative estimate of drug-likeness (QED) is 0.883. The van der Waals surface area contributed by atoms with E-state index in [1.165, 1.54) is 12.1 Å². The third-order valence-corrected chi connectivity index (χ3v) is 4.01. The highest BCUT2D eigenvalue weighted by atomic mass is 19.1. The van der Waals surface area contributed by atoms with Gasteiger partial charge in [-0.3, -0.25) is 4.79 Å². The number of rotatable bonds is 2. The molecule has 1 N–H and O–H groups in total. The number of ether oxygens (including phenoxy) is 1. The van der Waals surface area contributed by atoms with E-state index < -0.39 is 0 Å². The van der Waals surface area contributed by atoms with E-state index in [4.69, 9.17) is 4.74 Å². The molecule has 0 spiro atoms. The Morgan fingerprint density at radius 2 is 2.35 bits per heavy atom. The van der Waals surface area contributed by atoms with E-state index in [-0.39, 0.29) is 23.7 Å². The van der Waals surface area contributed by atoms with Crippen molar-refractivity contribution in [3.8, 4) is 0 Å². The highest BCUT2D eigenvalue weighted by Gasteiger charge is 2.36. The molecule has 20 heavy (non-hydrogen) atoms. The van der Waals surface area contributed by atoms with Gasteiger partial charge in [-0.25, -0.2) is 4.39 Å². The molecule has 2 fully saturated rings. The largest absolute Gasteiger partial charge is 0.374 e. The van der Waals surface area contributed by atoms with Crippen LogP contribution in [0.5, 0.6) is 0 Å². The summed E-state index contributed by atoms with van der Waals surface area (Å²) < 4.78 is 19.0. The summed E-state index contributed by atoms with van der Waals surface area (Å²) in [6.07, 6.45) is 0.789. The Morgan fingerprint density at radius 1 is 1.45 bits per heavy atom. The van der Waals surface area contributed by atoms with Crippen molar-refractivity contribution in [2.45, 2.75) is 19.1 Å². The lowest BCUT2D eigenvalue weighted by Crippen LogP contribution is -2.47. The summed E-state index contributed by atoms with van der Waals surface area (Å²) in [6.45, 7) is 3.16. The first kappa shape index (κ1) is 13.5. The van der Waals surface area contributed by atoms with Crippen LogP contribution in [-0.2, 0) is 16.1 Å².